The van der Waals surface area contributed by atoms with Crippen LogP contribution in [-0.4, -0.2) is 36.5 Å². The molecule has 1 aliphatic heterocycles. The van der Waals surface area contributed by atoms with Crippen LogP contribution in [0.25, 0.3) is 5.76 Å². The zero-order chi connectivity index (χ0) is 26.9. The number of ketones is 1. The van der Waals surface area contributed by atoms with Gasteiger partial charge in [0.15, 0.2) is 0 Å². The van der Waals surface area contributed by atoms with Crippen molar-refractivity contribution in [1.29, 1.82) is 0 Å². The van der Waals surface area contributed by atoms with Crippen molar-refractivity contribution in [2.24, 2.45) is 0 Å². The van der Waals surface area contributed by atoms with E-state index in [1.807, 2.05) is 38.1 Å². The molecule has 7 nitrogen and oxygen atoms in total. The highest BCUT2D eigenvalue weighted by Gasteiger charge is 2.47. The van der Waals surface area contributed by atoms with Crippen molar-refractivity contribution in [3.63, 3.8) is 0 Å². The highest BCUT2D eigenvalue weighted by molar-refractivity contribution is 6.51. The molecule has 0 aromatic heterocycles. The number of carbonyl (C=O) groups is 3. The Morgan fingerprint density at radius 3 is 2.35 bits per heavy atom. The van der Waals surface area contributed by atoms with Crippen LogP contribution in [0, 0.1) is 20.8 Å². The van der Waals surface area contributed by atoms with Crippen LogP contribution in [0.5, 0.6) is 5.75 Å². The van der Waals surface area contributed by atoms with E-state index in [1.54, 1.807) is 51.3 Å². The summed E-state index contributed by atoms with van der Waals surface area (Å²) >= 11 is 0. The molecule has 190 valence electrons. The second-order valence-corrected chi connectivity index (χ2v) is 8.93. The number of hydrogen-bond acceptors (Lipinski definition) is 6. The zero-order valence-electron chi connectivity index (χ0n) is 21.5. The number of carbonyl (C=O) groups excluding carboxylic acids is 3. The lowest BCUT2D eigenvalue weighted by Crippen LogP contribution is -2.30. The minimum Gasteiger partial charge on any atom is -0.507 e. The number of rotatable bonds is 6. The summed E-state index contributed by atoms with van der Waals surface area (Å²) in [4.78, 5) is 40.7. The molecule has 7 heteroatoms. The van der Waals surface area contributed by atoms with Gasteiger partial charge in [0.05, 0.1) is 30.9 Å². The van der Waals surface area contributed by atoms with Gasteiger partial charge in [-0.15, -0.1) is 0 Å². The molecule has 0 spiro atoms. The van der Waals surface area contributed by atoms with Crippen molar-refractivity contribution in [2.45, 2.75) is 33.7 Å². The van der Waals surface area contributed by atoms with Crippen LogP contribution in [0.15, 0.2) is 66.2 Å². The Hall–Kier alpha value is -4.39. The SMILES string of the molecule is CCOC(=O)c1cccc(N2C(=O)C(=O)/C(=C(/O)c3cc(C)c(OC)cc3C)C2c2ccccc2C)c1. The molecule has 1 fully saturated rings. The number of amides is 1. The fraction of sp³-hybridized carbons (Fsp3) is 0.233. The van der Waals surface area contributed by atoms with E-state index in [-0.39, 0.29) is 23.5 Å². The molecule has 1 amide bonds. The molecule has 0 bridgehead atoms. The van der Waals surface area contributed by atoms with Gasteiger partial charge in [-0.25, -0.2) is 4.79 Å². The summed E-state index contributed by atoms with van der Waals surface area (Å²) in [6, 6.07) is 16.4. The smallest absolute Gasteiger partial charge is 0.338 e. The number of Topliss-reactive ketones (excluding diaryl/α,β-unsaturated/α-hetero) is 1. The van der Waals surface area contributed by atoms with E-state index in [1.165, 1.54) is 11.0 Å². The van der Waals surface area contributed by atoms with E-state index in [0.29, 0.717) is 28.1 Å². The Labute approximate surface area is 215 Å². The van der Waals surface area contributed by atoms with Crippen molar-refractivity contribution in [3.05, 3.63) is 99.6 Å². The lowest BCUT2D eigenvalue weighted by Gasteiger charge is -2.27. The van der Waals surface area contributed by atoms with E-state index in [9.17, 15) is 19.5 Å². The van der Waals surface area contributed by atoms with Gasteiger partial charge < -0.3 is 14.6 Å². The van der Waals surface area contributed by atoms with Gasteiger partial charge in [-0.3, -0.25) is 14.5 Å². The van der Waals surface area contributed by atoms with Gasteiger partial charge in [-0.05, 0) is 80.3 Å². The molecule has 4 rings (SSSR count). The minimum absolute atomic E-state index is 0.0199. The number of anilines is 1. The number of benzene rings is 3. The molecule has 0 saturated carbocycles. The second kappa shape index (κ2) is 10.3. The first-order chi connectivity index (χ1) is 17.7. The molecule has 0 radical (unpaired) electrons. The van der Waals surface area contributed by atoms with Crippen molar-refractivity contribution in [3.8, 4) is 5.75 Å². The molecular formula is C30H29NO6. The van der Waals surface area contributed by atoms with Crippen LogP contribution < -0.4 is 9.64 Å². The first-order valence-corrected chi connectivity index (χ1v) is 12.0. The number of ether oxygens (including phenoxy) is 2. The molecule has 3 aromatic carbocycles. The van der Waals surface area contributed by atoms with E-state index >= 15 is 0 Å². The van der Waals surface area contributed by atoms with Gasteiger partial charge in [0.1, 0.15) is 11.5 Å². The summed E-state index contributed by atoms with van der Waals surface area (Å²) in [6.07, 6.45) is 0. The molecule has 1 aliphatic rings. The van der Waals surface area contributed by atoms with Crippen LogP contribution in [0.3, 0.4) is 0 Å². The molecule has 1 unspecified atom stereocenters. The summed E-state index contributed by atoms with van der Waals surface area (Å²) in [5.41, 5.74) is 4.03. The summed E-state index contributed by atoms with van der Waals surface area (Å²) in [6.45, 7) is 7.44. The van der Waals surface area contributed by atoms with Gasteiger partial charge in [-0.2, -0.15) is 0 Å². The van der Waals surface area contributed by atoms with E-state index in [0.717, 1.165) is 11.1 Å². The van der Waals surface area contributed by atoms with Crippen molar-refractivity contribution in [2.75, 3.05) is 18.6 Å². The quantitative estimate of drug-likeness (QED) is 0.211. The van der Waals surface area contributed by atoms with Gasteiger partial charge >= 0.3 is 5.97 Å². The highest BCUT2D eigenvalue weighted by atomic mass is 16.5. The molecule has 1 atom stereocenters. The normalized spacial score (nSPS) is 16.7. The highest BCUT2D eigenvalue weighted by Crippen LogP contribution is 2.44. The van der Waals surface area contributed by atoms with Crippen LogP contribution in [0.2, 0.25) is 0 Å². The van der Waals surface area contributed by atoms with Crippen molar-refractivity contribution < 1.29 is 29.0 Å². The number of aryl methyl sites for hydroxylation is 3. The Morgan fingerprint density at radius 2 is 1.68 bits per heavy atom. The van der Waals surface area contributed by atoms with Crippen molar-refractivity contribution >= 4 is 29.1 Å². The molecule has 3 aromatic rings. The molecule has 0 aliphatic carbocycles. The standard InChI is InChI=1S/C30H29NO6/c1-6-37-30(35)20-11-9-12-21(16-20)31-26(22-13-8-7-10-17(22)2)25(28(33)29(31)34)27(32)23-14-19(4)24(36-5)15-18(23)3/h7-16,26,32H,6H2,1-5H3/b27-25+. The predicted octanol–water partition coefficient (Wildman–Crippen LogP) is 5.42. The zero-order valence-corrected chi connectivity index (χ0v) is 21.5. The summed E-state index contributed by atoms with van der Waals surface area (Å²) in [5.74, 6) is -1.74. The number of hydrogen-bond donors (Lipinski definition) is 1. The first kappa shape index (κ1) is 25.7. The van der Waals surface area contributed by atoms with Crippen molar-refractivity contribution in [1.82, 2.24) is 0 Å². The Kier molecular flexibility index (Phi) is 7.16. The van der Waals surface area contributed by atoms with E-state index in [4.69, 9.17) is 9.47 Å². The van der Waals surface area contributed by atoms with Crippen LogP contribution in [0.1, 0.15) is 51.1 Å². The molecule has 1 N–H and O–H groups in total. The van der Waals surface area contributed by atoms with Gasteiger partial charge in [0.2, 0.25) is 0 Å². The third-order valence-electron chi connectivity index (χ3n) is 6.56. The molecule has 1 saturated heterocycles. The summed E-state index contributed by atoms with van der Waals surface area (Å²) in [5, 5.41) is 11.5. The molecule has 1 heterocycles. The average molecular weight is 500 g/mol. The van der Waals surface area contributed by atoms with Gasteiger partial charge in [0.25, 0.3) is 11.7 Å². The monoisotopic (exact) mass is 499 g/mol. The first-order valence-electron chi connectivity index (χ1n) is 12.0. The summed E-state index contributed by atoms with van der Waals surface area (Å²) in [7, 11) is 1.56. The minimum atomic E-state index is -0.902. The predicted molar refractivity (Wildman–Crippen MR) is 141 cm³/mol. The van der Waals surface area contributed by atoms with Gasteiger partial charge in [0, 0.05) is 11.3 Å². The third kappa shape index (κ3) is 4.60. The van der Waals surface area contributed by atoms with E-state index < -0.39 is 23.7 Å². The average Bonchev–Trinajstić information content (AvgIpc) is 3.15. The van der Waals surface area contributed by atoms with Crippen LogP contribution in [-0.2, 0) is 14.3 Å². The number of nitrogens with zero attached hydrogens (tertiary/aromatic N) is 1. The van der Waals surface area contributed by atoms with E-state index in [2.05, 4.69) is 0 Å². The number of methoxy groups -OCH3 is 1. The van der Waals surface area contributed by atoms with Crippen LogP contribution in [0.4, 0.5) is 5.69 Å². The second-order valence-electron chi connectivity index (χ2n) is 8.93. The lowest BCUT2D eigenvalue weighted by molar-refractivity contribution is -0.132. The van der Waals surface area contributed by atoms with Gasteiger partial charge in [-0.1, -0.05) is 30.3 Å². The Bertz CT molecular complexity index is 1440. The molecule has 37 heavy (non-hydrogen) atoms. The number of aliphatic hydroxyl groups is 1. The largest absolute Gasteiger partial charge is 0.507 e. The van der Waals surface area contributed by atoms with Crippen LogP contribution >= 0.6 is 0 Å². The fourth-order valence-electron chi connectivity index (χ4n) is 4.69. The Balaban J connectivity index is 1.96. The topological polar surface area (TPSA) is 93.1 Å². The molecular weight excluding hydrogens is 470 g/mol. The Morgan fingerprint density at radius 1 is 0.946 bits per heavy atom. The number of aliphatic hydroxyl groups excluding tert-OH is 1. The summed E-state index contributed by atoms with van der Waals surface area (Å²) < 4.78 is 10.5. The maximum Gasteiger partial charge on any atom is 0.338 e. The fourth-order valence-corrected chi connectivity index (χ4v) is 4.69. The third-order valence-corrected chi connectivity index (χ3v) is 6.56. The maximum absolute atomic E-state index is 13.5. The lowest BCUT2D eigenvalue weighted by atomic mass is 9.91. The maximum atomic E-state index is 13.5. The number of esters is 1.